The Morgan fingerprint density at radius 3 is 2.80 bits per heavy atom. The summed E-state index contributed by atoms with van der Waals surface area (Å²) >= 11 is 0. The van der Waals surface area contributed by atoms with Gasteiger partial charge in [0.25, 0.3) is 5.91 Å². The molecule has 0 saturated heterocycles. The highest BCUT2D eigenvalue weighted by molar-refractivity contribution is 5.97. The van der Waals surface area contributed by atoms with Crippen LogP contribution in [-0.4, -0.2) is 10.9 Å². The number of amides is 1. The summed E-state index contributed by atoms with van der Waals surface area (Å²) in [5.41, 5.74) is 5.97. The molecule has 1 unspecified atom stereocenters. The molecule has 20 heavy (non-hydrogen) atoms. The molecule has 0 fully saturated rings. The maximum absolute atomic E-state index is 13.6. The van der Waals surface area contributed by atoms with Crippen molar-refractivity contribution in [2.75, 3.05) is 5.73 Å². The van der Waals surface area contributed by atoms with Crippen molar-refractivity contribution in [2.24, 2.45) is 0 Å². The molecule has 0 bridgehead atoms. The number of pyridine rings is 1. The first-order chi connectivity index (χ1) is 9.49. The Labute approximate surface area is 114 Å². The number of nitrogen functional groups attached to an aromatic ring is 1. The van der Waals surface area contributed by atoms with Crippen molar-refractivity contribution < 1.29 is 13.6 Å². The Hall–Kier alpha value is -2.50. The molecule has 2 rings (SSSR count). The zero-order valence-corrected chi connectivity index (χ0v) is 10.7. The molecule has 1 aromatic carbocycles. The Kier molecular flexibility index (Phi) is 3.93. The van der Waals surface area contributed by atoms with Crippen molar-refractivity contribution in [3.05, 3.63) is 59.4 Å². The molecule has 0 aliphatic rings. The van der Waals surface area contributed by atoms with E-state index < -0.39 is 23.6 Å². The number of carbonyl (C=O) groups is 1. The Balaban J connectivity index is 2.19. The molecule has 0 aliphatic carbocycles. The molecule has 1 amide bonds. The van der Waals surface area contributed by atoms with Crippen LogP contribution in [0.25, 0.3) is 0 Å². The number of nitrogens with zero attached hydrogens (tertiary/aromatic N) is 1. The molecule has 0 saturated carbocycles. The van der Waals surface area contributed by atoms with Crippen LogP contribution in [0.15, 0.2) is 36.5 Å². The topological polar surface area (TPSA) is 68.0 Å². The van der Waals surface area contributed by atoms with Crippen LogP contribution in [0.3, 0.4) is 0 Å². The van der Waals surface area contributed by atoms with E-state index in [1.807, 2.05) is 0 Å². The van der Waals surface area contributed by atoms with E-state index in [-0.39, 0.29) is 16.9 Å². The summed E-state index contributed by atoms with van der Waals surface area (Å²) in [5, 5.41) is 2.53. The summed E-state index contributed by atoms with van der Waals surface area (Å²) in [5.74, 6) is -1.70. The fourth-order valence-corrected chi connectivity index (χ4v) is 1.80. The van der Waals surface area contributed by atoms with Gasteiger partial charge < -0.3 is 11.1 Å². The van der Waals surface area contributed by atoms with E-state index in [1.54, 1.807) is 13.0 Å². The van der Waals surface area contributed by atoms with Gasteiger partial charge in [-0.05, 0) is 37.3 Å². The maximum atomic E-state index is 13.6. The molecule has 4 nitrogen and oxygen atoms in total. The smallest absolute Gasteiger partial charge is 0.272 e. The second-order valence-corrected chi connectivity index (χ2v) is 4.30. The average molecular weight is 277 g/mol. The minimum Gasteiger partial charge on any atom is -0.397 e. The van der Waals surface area contributed by atoms with Crippen LogP contribution in [0.1, 0.15) is 29.0 Å². The third-order valence-corrected chi connectivity index (χ3v) is 2.83. The highest BCUT2D eigenvalue weighted by Gasteiger charge is 2.17. The lowest BCUT2D eigenvalue weighted by Crippen LogP contribution is -2.28. The monoisotopic (exact) mass is 277 g/mol. The van der Waals surface area contributed by atoms with Gasteiger partial charge in [0.2, 0.25) is 0 Å². The highest BCUT2D eigenvalue weighted by atomic mass is 19.1. The molecule has 1 heterocycles. The van der Waals surface area contributed by atoms with Gasteiger partial charge in [-0.3, -0.25) is 4.79 Å². The number of hydrogen-bond acceptors (Lipinski definition) is 3. The van der Waals surface area contributed by atoms with Crippen molar-refractivity contribution in [2.45, 2.75) is 13.0 Å². The van der Waals surface area contributed by atoms with Crippen LogP contribution in [0.4, 0.5) is 14.5 Å². The molecule has 1 atom stereocenters. The summed E-state index contributed by atoms with van der Waals surface area (Å²) < 4.78 is 26.7. The van der Waals surface area contributed by atoms with Gasteiger partial charge >= 0.3 is 0 Å². The van der Waals surface area contributed by atoms with Gasteiger partial charge in [-0.15, -0.1) is 0 Å². The Morgan fingerprint density at radius 1 is 1.35 bits per heavy atom. The van der Waals surface area contributed by atoms with Crippen LogP contribution < -0.4 is 11.1 Å². The van der Waals surface area contributed by atoms with E-state index >= 15 is 0 Å². The van der Waals surface area contributed by atoms with E-state index in [0.717, 1.165) is 18.2 Å². The van der Waals surface area contributed by atoms with Crippen molar-refractivity contribution in [1.82, 2.24) is 10.3 Å². The minimum atomic E-state index is -0.709. The van der Waals surface area contributed by atoms with Crippen molar-refractivity contribution in [3.8, 4) is 0 Å². The van der Waals surface area contributed by atoms with Crippen LogP contribution in [0.5, 0.6) is 0 Å². The van der Waals surface area contributed by atoms with Crippen LogP contribution in [0.2, 0.25) is 0 Å². The number of nitrogens with one attached hydrogen (secondary N) is 1. The predicted molar refractivity (Wildman–Crippen MR) is 70.9 cm³/mol. The van der Waals surface area contributed by atoms with Gasteiger partial charge in [0, 0.05) is 11.8 Å². The summed E-state index contributed by atoms with van der Waals surface area (Å²) in [6.07, 6.45) is 1.43. The molecule has 0 radical (unpaired) electrons. The van der Waals surface area contributed by atoms with Crippen molar-refractivity contribution in [1.29, 1.82) is 0 Å². The second-order valence-electron chi connectivity index (χ2n) is 4.30. The first-order valence-electron chi connectivity index (χ1n) is 5.95. The van der Waals surface area contributed by atoms with E-state index in [2.05, 4.69) is 10.3 Å². The van der Waals surface area contributed by atoms with Gasteiger partial charge in [0.15, 0.2) is 5.69 Å². The first kappa shape index (κ1) is 13.9. The zero-order valence-electron chi connectivity index (χ0n) is 10.7. The minimum absolute atomic E-state index is 0.0520. The number of anilines is 1. The third kappa shape index (κ3) is 2.90. The number of nitrogens with two attached hydrogens (primary N) is 1. The normalized spacial score (nSPS) is 11.9. The van der Waals surface area contributed by atoms with Crippen molar-refractivity contribution in [3.63, 3.8) is 0 Å². The first-order valence-corrected chi connectivity index (χ1v) is 5.95. The van der Waals surface area contributed by atoms with Gasteiger partial charge in [0.1, 0.15) is 11.6 Å². The largest absolute Gasteiger partial charge is 0.397 e. The molecule has 3 N–H and O–H groups in total. The molecule has 0 aliphatic heterocycles. The summed E-state index contributed by atoms with van der Waals surface area (Å²) in [6.45, 7) is 1.55. The number of rotatable bonds is 3. The Morgan fingerprint density at radius 2 is 2.10 bits per heavy atom. The van der Waals surface area contributed by atoms with E-state index in [1.165, 1.54) is 12.3 Å². The van der Waals surface area contributed by atoms with Gasteiger partial charge in [-0.1, -0.05) is 0 Å². The van der Waals surface area contributed by atoms with E-state index in [0.29, 0.717) is 0 Å². The number of halogens is 2. The summed E-state index contributed by atoms with van der Waals surface area (Å²) in [7, 11) is 0. The lowest BCUT2D eigenvalue weighted by Gasteiger charge is -2.15. The summed E-state index contributed by atoms with van der Waals surface area (Å²) in [4.78, 5) is 15.8. The zero-order chi connectivity index (χ0) is 14.7. The highest BCUT2D eigenvalue weighted by Crippen LogP contribution is 2.19. The third-order valence-electron chi connectivity index (χ3n) is 2.83. The molecule has 0 spiro atoms. The predicted octanol–water partition coefficient (Wildman–Crippen LogP) is 2.43. The lowest BCUT2D eigenvalue weighted by molar-refractivity contribution is 0.0935. The van der Waals surface area contributed by atoms with Crippen molar-refractivity contribution >= 4 is 11.6 Å². The quantitative estimate of drug-likeness (QED) is 0.905. The van der Waals surface area contributed by atoms with Gasteiger partial charge in [-0.25, -0.2) is 13.8 Å². The molecule has 2 aromatic rings. The van der Waals surface area contributed by atoms with Crippen LogP contribution in [-0.2, 0) is 0 Å². The lowest BCUT2D eigenvalue weighted by atomic mass is 10.1. The SMILES string of the molecule is CC(NC(=O)c1ncccc1N)c1cc(F)ccc1F. The van der Waals surface area contributed by atoms with E-state index in [9.17, 15) is 13.6 Å². The second kappa shape index (κ2) is 5.64. The molecular weight excluding hydrogens is 264 g/mol. The fourth-order valence-electron chi connectivity index (χ4n) is 1.80. The average Bonchev–Trinajstić information content (AvgIpc) is 2.41. The van der Waals surface area contributed by atoms with Crippen LogP contribution in [0, 0.1) is 11.6 Å². The number of benzene rings is 1. The summed E-state index contributed by atoms with van der Waals surface area (Å²) in [6, 6.07) is 5.51. The number of hydrogen-bond donors (Lipinski definition) is 2. The molecular formula is C14H13F2N3O. The molecule has 6 heteroatoms. The van der Waals surface area contributed by atoms with Gasteiger partial charge in [-0.2, -0.15) is 0 Å². The maximum Gasteiger partial charge on any atom is 0.272 e. The molecule has 104 valence electrons. The van der Waals surface area contributed by atoms with Gasteiger partial charge in [0.05, 0.1) is 11.7 Å². The fraction of sp³-hybridized carbons (Fsp3) is 0.143. The molecule has 1 aromatic heterocycles. The van der Waals surface area contributed by atoms with E-state index in [4.69, 9.17) is 5.73 Å². The Bertz CT molecular complexity index is 646. The number of carbonyl (C=O) groups excluding carboxylic acids is 1. The van der Waals surface area contributed by atoms with Crippen LogP contribution >= 0.6 is 0 Å². The standard InChI is InChI=1S/C14H13F2N3O/c1-8(10-7-9(15)4-5-11(10)16)19-14(20)13-12(17)3-2-6-18-13/h2-8H,17H2,1H3,(H,19,20). The number of aromatic nitrogens is 1.